The molecule has 4 rings (SSSR count). The van der Waals surface area contributed by atoms with Crippen molar-refractivity contribution in [2.75, 3.05) is 10.8 Å². The number of hydrogen-bond donors (Lipinski definition) is 0. The number of anilines is 1. The summed E-state index contributed by atoms with van der Waals surface area (Å²) >= 11 is 1.12. The standard InChI is InChI=1S/C16H13N3O4S2/c1-2-19(16-17-11-5-3-4-6-13(11)23-16)25(20,21)15-8-7-14(24-15)12-9-10-22-18-12/h3-10H,2H2,1H3. The highest BCUT2D eigenvalue weighted by molar-refractivity contribution is 7.94. The molecule has 0 spiro atoms. The molecule has 0 aliphatic heterocycles. The maximum Gasteiger partial charge on any atom is 0.312 e. The predicted octanol–water partition coefficient (Wildman–Crippen LogP) is 3.76. The Hall–Kier alpha value is -2.65. The van der Waals surface area contributed by atoms with Crippen LogP contribution in [0.4, 0.5) is 6.01 Å². The van der Waals surface area contributed by atoms with Gasteiger partial charge in [-0.15, -0.1) is 11.3 Å². The Balaban J connectivity index is 1.74. The van der Waals surface area contributed by atoms with Gasteiger partial charge in [0.05, 0.1) is 4.88 Å². The van der Waals surface area contributed by atoms with Gasteiger partial charge in [-0.3, -0.25) is 0 Å². The maximum absolute atomic E-state index is 13.0. The Morgan fingerprint density at radius 3 is 2.72 bits per heavy atom. The molecule has 0 N–H and O–H groups in total. The summed E-state index contributed by atoms with van der Waals surface area (Å²) in [6.45, 7) is 1.94. The third-order valence-electron chi connectivity index (χ3n) is 3.60. The van der Waals surface area contributed by atoms with Gasteiger partial charge in [0.1, 0.15) is 21.7 Å². The number of benzene rings is 1. The number of rotatable bonds is 5. The highest BCUT2D eigenvalue weighted by Gasteiger charge is 2.29. The quantitative estimate of drug-likeness (QED) is 0.528. The van der Waals surface area contributed by atoms with Crippen LogP contribution in [0.1, 0.15) is 6.92 Å². The lowest BCUT2D eigenvalue weighted by Gasteiger charge is -2.17. The summed E-state index contributed by atoms with van der Waals surface area (Å²) in [4.78, 5) is 5.00. The van der Waals surface area contributed by atoms with Crippen LogP contribution < -0.4 is 4.31 Å². The van der Waals surface area contributed by atoms with Crippen LogP contribution in [0.2, 0.25) is 0 Å². The minimum atomic E-state index is -3.78. The third kappa shape index (κ3) is 2.71. The van der Waals surface area contributed by atoms with E-state index in [4.69, 9.17) is 8.94 Å². The van der Waals surface area contributed by atoms with Crippen molar-refractivity contribution in [3.8, 4) is 10.6 Å². The number of fused-ring (bicyclic) bond motifs is 1. The molecule has 0 unspecified atom stereocenters. The van der Waals surface area contributed by atoms with E-state index in [1.807, 2.05) is 12.1 Å². The van der Waals surface area contributed by atoms with Gasteiger partial charge in [0.15, 0.2) is 5.58 Å². The first-order valence-corrected chi connectivity index (χ1v) is 9.74. The normalized spacial score (nSPS) is 11.9. The molecule has 0 saturated heterocycles. The average Bonchev–Trinajstić information content (AvgIpc) is 3.34. The van der Waals surface area contributed by atoms with E-state index in [2.05, 4.69) is 10.1 Å². The van der Waals surface area contributed by atoms with Crippen LogP contribution in [0.3, 0.4) is 0 Å². The zero-order valence-electron chi connectivity index (χ0n) is 13.1. The van der Waals surface area contributed by atoms with Crippen LogP contribution in [0.15, 0.2) is 61.9 Å². The third-order valence-corrected chi connectivity index (χ3v) is 7.02. The lowest BCUT2D eigenvalue weighted by atomic mass is 10.3. The number of aromatic nitrogens is 2. The molecule has 4 aromatic rings. The molecule has 25 heavy (non-hydrogen) atoms. The fourth-order valence-corrected chi connectivity index (χ4v) is 5.16. The molecule has 0 bridgehead atoms. The van der Waals surface area contributed by atoms with Gasteiger partial charge in [0, 0.05) is 12.6 Å². The lowest BCUT2D eigenvalue weighted by Crippen LogP contribution is -2.30. The van der Waals surface area contributed by atoms with Crippen molar-refractivity contribution in [2.45, 2.75) is 11.1 Å². The van der Waals surface area contributed by atoms with Crippen molar-refractivity contribution in [1.29, 1.82) is 0 Å². The van der Waals surface area contributed by atoms with Crippen molar-refractivity contribution in [3.05, 3.63) is 48.7 Å². The maximum atomic E-state index is 13.0. The molecular weight excluding hydrogens is 362 g/mol. The van der Waals surface area contributed by atoms with E-state index in [1.165, 1.54) is 6.26 Å². The molecule has 3 aromatic heterocycles. The summed E-state index contributed by atoms with van der Waals surface area (Å²) in [5, 5.41) is 3.83. The zero-order chi connectivity index (χ0) is 17.4. The Bertz CT molecular complexity index is 1080. The van der Waals surface area contributed by atoms with Gasteiger partial charge < -0.3 is 8.94 Å². The SMILES string of the molecule is CCN(c1nc2ccccc2o1)S(=O)(=O)c1ccc(-c2ccon2)s1. The number of thiophene rings is 1. The van der Waals surface area contributed by atoms with Crippen molar-refractivity contribution in [2.24, 2.45) is 0 Å². The molecule has 0 aliphatic rings. The summed E-state index contributed by atoms with van der Waals surface area (Å²) in [6, 6.07) is 12.1. The number of nitrogens with zero attached hydrogens (tertiary/aromatic N) is 3. The van der Waals surface area contributed by atoms with E-state index in [1.54, 1.807) is 37.3 Å². The number of para-hydroxylation sites is 2. The largest absolute Gasteiger partial charge is 0.423 e. The Kier molecular flexibility index (Phi) is 3.81. The molecule has 3 heterocycles. The van der Waals surface area contributed by atoms with Crippen molar-refractivity contribution < 1.29 is 17.4 Å². The first kappa shape index (κ1) is 15.9. The van der Waals surface area contributed by atoms with Crippen molar-refractivity contribution in [1.82, 2.24) is 10.1 Å². The molecule has 0 saturated carbocycles. The van der Waals surface area contributed by atoms with E-state index in [9.17, 15) is 8.42 Å². The molecular formula is C16H13N3O4S2. The van der Waals surface area contributed by atoms with E-state index < -0.39 is 10.0 Å². The molecule has 1 aromatic carbocycles. The van der Waals surface area contributed by atoms with Gasteiger partial charge in [0.25, 0.3) is 10.0 Å². The molecule has 128 valence electrons. The Labute approximate surface area is 147 Å². The van der Waals surface area contributed by atoms with Gasteiger partial charge in [-0.25, -0.2) is 12.7 Å². The van der Waals surface area contributed by atoms with E-state index >= 15 is 0 Å². The average molecular weight is 375 g/mol. The lowest BCUT2D eigenvalue weighted by molar-refractivity contribution is 0.422. The molecule has 0 amide bonds. The first-order chi connectivity index (χ1) is 12.1. The topological polar surface area (TPSA) is 89.4 Å². The zero-order valence-corrected chi connectivity index (χ0v) is 14.8. The second-order valence-corrected chi connectivity index (χ2v) is 8.31. The fraction of sp³-hybridized carbons (Fsp3) is 0.125. The van der Waals surface area contributed by atoms with Crippen LogP contribution >= 0.6 is 11.3 Å². The summed E-state index contributed by atoms with van der Waals surface area (Å²) in [5.41, 5.74) is 1.75. The van der Waals surface area contributed by atoms with E-state index in [-0.39, 0.29) is 16.8 Å². The molecule has 9 heteroatoms. The summed E-state index contributed by atoms with van der Waals surface area (Å²) in [5.74, 6) is 0. The molecule has 0 radical (unpaired) electrons. The molecule has 0 fully saturated rings. The van der Waals surface area contributed by atoms with Crippen LogP contribution in [0.5, 0.6) is 0 Å². The highest BCUT2D eigenvalue weighted by atomic mass is 32.2. The first-order valence-electron chi connectivity index (χ1n) is 7.48. The number of sulfonamides is 1. The number of oxazole rings is 1. The minimum absolute atomic E-state index is 0.0556. The molecule has 7 nitrogen and oxygen atoms in total. The Morgan fingerprint density at radius 1 is 1.16 bits per heavy atom. The van der Waals surface area contributed by atoms with Crippen molar-refractivity contribution in [3.63, 3.8) is 0 Å². The van der Waals surface area contributed by atoms with E-state index in [0.717, 1.165) is 15.6 Å². The molecule has 0 aliphatic carbocycles. The van der Waals surface area contributed by atoms with Gasteiger partial charge in [-0.1, -0.05) is 17.3 Å². The second kappa shape index (κ2) is 6.01. The monoisotopic (exact) mass is 375 g/mol. The summed E-state index contributed by atoms with van der Waals surface area (Å²) in [7, 11) is -3.78. The fourth-order valence-electron chi connectivity index (χ4n) is 2.42. The summed E-state index contributed by atoms with van der Waals surface area (Å²) < 4.78 is 37.8. The number of hydrogen-bond acceptors (Lipinski definition) is 7. The highest BCUT2D eigenvalue weighted by Crippen LogP contribution is 2.33. The van der Waals surface area contributed by atoms with Crippen LogP contribution in [-0.2, 0) is 10.0 Å². The summed E-state index contributed by atoms with van der Waals surface area (Å²) in [6.07, 6.45) is 1.44. The van der Waals surface area contributed by atoms with Gasteiger partial charge >= 0.3 is 6.01 Å². The second-order valence-electron chi connectivity index (χ2n) is 5.14. The van der Waals surface area contributed by atoms with E-state index in [0.29, 0.717) is 21.7 Å². The predicted molar refractivity (Wildman–Crippen MR) is 94.0 cm³/mol. The van der Waals surface area contributed by atoms with Gasteiger partial charge in [-0.05, 0) is 31.2 Å². The Morgan fingerprint density at radius 2 is 2.00 bits per heavy atom. The minimum Gasteiger partial charge on any atom is -0.423 e. The van der Waals surface area contributed by atoms with Gasteiger partial charge in [-0.2, -0.15) is 4.98 Å². The van der Waals surface area contributed by atoms with Crippen LogP contribution in [-0.4, -0.2) is 25.1 Å². The van der Waals surface area contributed by atoms with Crippen molar-refractivity contribution >= 4 is 38.5 Å². The molecule has 0 atom stereocenters. The van der Waals surface area contributed by atoms with Gasteiger partial charge in [0.2, 0.25) is 0 Å². The van der Waals surface area contributed by atoms with Crippen LogP contribution in [0, 0.1) is 0 Å². The van der Waals surface area contributed by atoms with Crippen LogP contribution in [0.25, 0.3) is 21.7 Å². The smallest absolute Gasteiger partial charge is 0.312 e.